The minimum atomic E-state index is -0.959. The average molecular weight is 259 g/mol. The lowest BCUT2D eigenvalue weighted by Crippen LogP contribution is -2.15. The van der Waals surface area contributed by atoms with Gasteiger partial charge in [0.15, 0.2) is 0 Å². The van der Waals surface area contributed by atoms with Crippen LogP contribution in [-0.4, -0.2) is 20.1 Å². The molecule has 0 saturated heterocycles. The summed E-state index contributed by atoms with van der Waals surface area (Å²) in [6.45, 7) is 5.60. The number of aryl methyl sites for hydroxylation is 1. The van der Waals surface area contributed by atoms with Crippen LogP contribution < -0.4 is 0 Å². The molecule has 2 aromatic rings. The molecule has 0 radical (unpaired) electrons. The van der Waals surface area contributed by atoms with Crippen LogP contribution in [-0.2, 0) is 12.0 Å². The maximum absolute atomic E-state index is 9.87. The smallest absolute Gasteiger partial charge is 0.114 e. The van der Waals surface area contributed by atoms with Crippen LogP contribution in [0.5, 0.6) is 0 Å². The van der Waals surface area contributed by atoms with Crippen LogP contribution in [0, 0.1) is 0 Å². The zero-order valence-corrected chi connectivity index (χ0v) is 11.8. The normalized spacial score (nSPS) is 11.8. The molecule has 0 atom stereocenters. The third-order valence-electron chi connectivity index (χ3n) is 3.14. The van der Waals surface area contributed by atoms with E-state index in [1.54, 1.807) is 24.7 Å². The Bertz CT molecular complexity index is 523. The zero-order valence-electron chi connectivity index (χ0n) is 11.8. The fourth-order valence-corrected chi connectivity index (χ4v) is 1.87. The highest BCUT2D eigenvalue weighted by atomic mass is 16.3. The van der Waals surface area contributed by atoms with Gasteiger partial charge in [0.2, 0.25) is 0 Å². The topological polar surface area (TPSA) is 50.9 Å². The summed E-state index contributed by atoms with van der Waals surface area (Å²) in [7, 11) is 0. The molecule has 0 unspecified atom stereocenters. The summed E-state index contributed by atoms with van der Waals surface area (Å²) in [6.07, 6.45) is 5.30. The van der Waals surface area contributed by atoms with Gasteiger partial charge < -0.3 is 5.11 Å². The molecule has 1 heterocycles. The van der Waals surface area contributed by atoms with E-state index in [2.05, 4.69) is 29.4 Å². The lowest BCUT2D eigenvalue weighted by Gasteiger charge is -2.11. The molecule has 0 aliphatic rings. The highest BCUT2D eigenvalue weighted by Gasteiger charge is 2.20. The molecule has 1 N–H and O–H groups in total. The van der Waals surface area contributed by atoms with Crippen molar-refractivity contribution in [2.45, 2.75) is 45.6 Å². The molecule has 1 aromatic heterocycles. The second-order valence-electron chi connectivity index (χ2n) is 5.38. The molecule has 0 bridgehead atoms. The fraction of sp³-hybridized carbons (Fsp3) is 0.467. The molecular weight excluding hydrogens is 238 g/mol. The fourth-order valence-electron chi connectivity index (χ4n) is 1.87. The number of rotatable bonds is 5. The lowest BCUT2D eigenvalue weighted by atomic mass is 10.1. The molecule has 0 spiro atoms. The molecule has 4 heteroatoms. The third-order valence-corrected chi connectivity index (χ3v) is 3.14. The van der Waals surface area contributed by atoms with Crippen molar-refractivity contribution < 1.29 is 5.11 Å². The molecule has 0 aliphatic carbocycles. The highest BCUT2D eigenvalue weighted by molar-refractivity contribution is 5.34. The second kappa shape index (κ2) is 5.53. The molecule has 0 aliphatic heterocycles. The van der Waals surface area contributed by atoms with Crippen LogP contribution in [0.25, 0.3) is 5.69 Å². The van der Waals surface area contributed by atoms with E-state index in [1.165, 1.54) is 18.4 Å². The third kappa shape index (κ3) is 3.41. The van der Waals surface area contributed by atoms with Crippen LogP contribution >= 0.6 is 0 Å². The molecule has 2 rings (SSSR count). The SMILES string of the molecule is CCCCc1ccc(-n2cc(C(C)(C)O)nn2)cc1. The minimum Gasteiger partial charge on any atom is -0.384 e. The van der Waals surface area contributed by atoms with Gasteiger partial charge in [-0.1, -0.05) is 30.7 Å². The van der Waals surface area contributed by atoms with E-state index in [0.717, 1.165) is 12.1 Å². The first-order chi connectivity index (χ1) is 9.00. The van der Waals surface area contributed by atoms with Crippen molar-refractivity contribution in [3.05, 3.63) is 41.7 Å². The van der Waals surface area contributed by atoms with E-state index in [-0.39, 0.29) is 0 Å². The van der Waals surface area contributed by atoms with Gasteiger partial charge in [-0.05, 0) is 44.4 Å². The van der Waals surface area contributed by atoms with E-state index in [1.807, 2.05) is 12.1 Å². The standard InChI is InChI=1S/C15H21N3O/c1-4-5-6-12-7-9-13(10-8-12)18-11-14(16-17-18)15(2,3)19/h7-11,19H,4-6H2,1-3H3. The Hall–Kier alpha value is -1.68. The Morgan fingerprint density at radius 3 is 2.42 bits per heavy atom. The number of unbranched alkanes of at least 4 members (excludes halogenated alkanes) is 1. The molecular formula is C15H21N3O. The van der Waals surface area contributed by atoms with Gasteiger partial charge in [-0.3, -0.25) is 0 Å². The summed E-state index contributed by atoms with van der Waals surface area (Å²) < 4.78 is 1.69. The van der Waals surface area contributed by atoms with Gasteiger partial charge in [0.25, 0.3) is 0 Å². The summed E-state index contributed by atoms with van der Waals surface area (Å²) in [5, 5.41) is 17.9. The Balaban J connectivity index is 2.16. The highest BCUT2D eigenvalue weighted by Crippen LogP contribution is 2.18. The number of nitrogens with zero attached hydrogens (tertiary/aromatic N) is 3. The Morgan fingerprint density at radius 2 is 1.89 bits per heavy atom. The molecule has 4 nitrogen and oxygen atoms in total. The number of aromatic nitrogens is 3. The van der Waals surface area contributed by atoms with Crippen molar-refractivity contribution in [3.63, 3.8) is 0 Å². The van der Waals surface area contributed by atoms with Crippen LogP contribution in [0.1, 0.15) is 44.9 Å². The van der Waals surface area contributed by atoms with E-state index >= 15 is 0 Å². The zero-order chi connectivity index (χ0) is 13.9. The van der Waals surface area contributed by atoms with Crippen LogP contribution in [0.2, 0.25) is 0 Å². The van der Waals surface area contributed by atoms with E-state index in [4.69, 9.17) is 0 Å². The first-order valence-corrected chi connectivity index (χ1v) is 6.75. The Morgan fingerprint density at radius 1 is 1.21 bits per heavy atom. The number of aliphatic hydroxyl groups is 1. The van der Waals surface area contributed by atoms with E-state index < -0.39 is 5.60 Å². The quantitative estimate of drug-likeness (QED) is 0.898. The first-order valence-electron chi connectivity index (χ1n) is 6.75. The van der Waals surface area contributed by atoms with Gasteiger partial charge in [0.05, 0.1) is 11.9 Å². The van der Waals surface area contributed by atoms with Gasteiger partial charge in [-0.2, -0.15) is 0 Å². The van der Waals surface area contributed by atoms with Crippen molar-refractivity contribution in [3.8, 4) is 5.69 Å². The Labute approximate surface area is 114 Å². The largest absolute Gasteiger partial charge is 0.384 e. The minimum absolute atomic E-state index is 0.572. The van der Waals surface area contributed by atoms with Gasteiger partial charge in [0, 0.05) is 0 Å². The van der Waals surface area contributed by atoms with Crippen molar-refractivity contribution in [1.82, 2.24) is 15.0 Å². The summed E-state index contributed by atoms with van der Waals surface area (Å²) in [5.41, 5.74) is 1.92. The van der Waals surface area contributed by atoms with Crippen molar-refractivity contribution >= 4 is 0 Å². The van der Waals surface area contributed by atoms with Gasteiger partial charge >= 0.3 is 0 Å². The second-order valence-corrected chi connectivity index (χ2v) is 5.38. The van der Waals surface area contributed by atoms with Crippen molar-refractivity contribution in [2.24, 2.45) is 0 Å². The summed E-state index contributed by atoms with van der Waals surface area (Å²) >= 11 is 0. The van der Waals surface area contributed by atoms with Crippen molar-refractivity contribution in [2.75, 3.05) is 0 Å². The van der Waals surface area contributed by atoms with Crippen LogP contribution in [0.15, 0.2) is 30.5 Å². The predicted octanol–water partition coefficient (Wildman–Crippen LogP) is 2.84. The maximum Gasteiger partial charge on any atom is 0.114 e. The van der Waals surface area contributed by atoms with Crippen LogP contribution in [0.3, 0.4) is 0 Å². The van der Waals surface area contributed by atoms with E-state index in [9.17, 15) is 5.11 Å². The molecule has 0 saturated carbocycles. The van der Waals surface area contributed by atoms with Gasteiger partial charge in [-0.25, -0.2) is 4.68 Å². The maximum atomic E-state index is 9.87. The molecule has 1 aromatic carbocycles. The van der Waals surface area contributed by atoms with Gasteiger partial charge in [0.1, 0.15) is 11.3 Å². The Kier molecular flexibility index (Phi) is 4.00. The van der Waals surface area contributed by atoms with Gasteiger partial charge in [-0.15, -0.1) is 5.10 Å². The molecule has 102 valence electrons. The average Bonchev–Trinajstić information content (AvgIpc) is 2.86. The number of benzene rings is 1. The number of hydrogen-bond acceptors (Lipinski definition) is 3. The number of hydrogen-bond donors (Lipinski definition) is 1. The van der Waals surface area contributed by atoms with E-state index in [0.29, 0.717) is 5.69 Å². The predicted molar refractivity (Wildman–Crippen MR) is 75.2 cm³/mol. The summed E-state index contributed by atoms with van der Waals surface area (Å²) in [5.74, 6) is 0. The monoisotopic (exact) mass is 259 g/mol. The summed E-state index contributed by atoms with van der Waals surface area (Å²) in [4.78, 5) is 0. The molecule has 0 fully saturated rings. The lowest BCUT2D eigenvalue weighted by molar-refractivity contribution is 0.0737. The van der Waals surface area contributed by atoms with Crippen LogP contribution in [0.4, 0.5) is 0 Å². The molecule has 19 heavy (non-hydrogen) atoms. The summed E-state index contributed by atoms with van der Waals surface area (Å²) in [6, 6.07) is 8.31. The van der Waals surface area contributed by atoms with Crippen molar-refractivity contribution in [1.29, 1.82) is 0 Å². The first kappa shape index (κ1) is 13.7. The molecule has 0 amide bonds.